The molecule has 9 rings (SSSR count). The molecule has 0 N–H and O–H groups in total. The summed E-state index contributed by atoms with van der Waals surface area (Å²) in [4.78, 5) is 39.3. The molecule has 0 fully saturated rings. The SMILES string of the molecule is c1ccc2c(c1)C1=NC2=NC2=NC(=NC3=NC(=NC4=NC(=N1)c1ccccc14)c1ccccc13)c1ccccc12. The van der Waals surface area contributed by atoms with Crippen LogP contribution in [-0.4, -0.2) is 46.7 Å². The van der Waals surface area contributed by atoms with Gasteiger partial charge in [0, 0.05) is 44.5 Å². The first-order valence-corrected chi connectivity index (χ1v) is 12.9. The monoisotopic (exact) mass is 512 g/mol. The van der Waals surface area contributed by atoms with Gasteiger partial charge in [-0.15, -0.1) is 0 Å². The van der Waals surface area contributed by atoms with Crippen molar-refractivity contribution in [3.05, 3.63) is 142 Å². The highest BCUT2D eigenvalue weighted by molar-refractivity contribution is 6.35. The van der Waals surface area contributed by atoms with Gasteiger partial charge in [-0.3, -0.25) is 0 Å². The zero-order valence-corrected chi connectivity index (χ0v) is 20.8. The van der Waals surface area contributed by atoms with E-state index in [-0.39, 0.29) is 0 Å². The third kappa shape index (κ3) is 3.01. The Morgan fingerprint density at radius 1 is 0.200 bits per heavy atom. The molecule has 0 atom stereocenters. The minimum Gasteiger partial charge on any atom is -0.208 e. The fourth-order valence-corrected chi connectivity index (χ4v) is 5.46. The van der Waals surface area contributed by atoms with Gasteiger partial charge in [0.05, 0.1) is 0 Å². The minimum atomic E-state index is 0.552. The summed E-state index contributed by atoms with van der Waals surface area (Å²) in [5.41, 5.74) is 7.15. The van der Waals surface area contributed by atoms with Crippen molar-refractivity contribution in [3.8, 4) is 0 Å². The molecule has 0 aliphatic carbocycles. The number of amidine groups is 8. The number of nitrogens with zero attached hydrogens (tertiary/aromatic N) is 8. The van der Waals surface area contributed by atoms with Crippen LogP contribution in [0.4, 0.5) is 0 Å². The van der Waals surface area contributed by atoms with E-state index in [9.17, 15) is 0 Å². The molecule has 8 bridgehead atoms. The van der Waals surface area contributed by atoms with Crippen molar-refractivity contribution in [1.82, 2.24) is 0 Å². The largest absolute Gasteiger partial charge is 0.208 e. The van der Waals surface area contributed by atoms with E-state index < -0.39 is 0 Å². The Kier molecular flexibility index (Phi) is 4.17. The van der Waals surface area contributed by atoms with Gasteiger partial charge in [-0.1, -0.05) is 97.1 Å². The van der Waals surface area contributed by atoms with E-state index in [0.29, 0.717) is 46.7 Å². The first kappa shape index (κ1) is 21.2. The third-order valence-electron chi connectivity index (χ3n) is 7.33. The Balaban J connectivity index is 1.36. The van der Waals surface area contributed by atoms with Gasteiger partial charge in [-0.2, -0.15) is 0 Å². The molecule has 184 valence electrons. The van der Waals surface area contributed by atoms with Crippen LogP contribution in [0.5, 0.6) is 0 Å². The Morgan fingerprint density at radius 3 is 0.450 bits per heavy atom. The lowest BCUT2D eigenvalue weighted by molar-refractivity contribution is 1.49. The Morgan fingerprint density at radius 2 is 0.325 bits per heavy atom. The predicted molar refractivity (Wildman–Crippen MR) is 158 cm³/mol. The molecule has 5 heterocycles. The third-order valence-corrected chi connectivity index (χ3v) is 7.33. The second kappa shape index (κ2) is 7.87. The summed E-state index contributed by atoms with van der Waals surface area (Å²) in [7, 11) is 0. The Bertz CT molecular complexity index is 1780. The summed E-state index contributed by atoms with van der Waals surface area (Å²) in [6.45, 7) is 0. The number of rotatable bonds is 0. The summed E-state index contributed by atoms with van der Waals surface area (Å²) in [6.07, 6.45) is 0. The highest BCUT2D eigenvalue weighted by Gasteiger charge is 2.30. The number of benzene rings is 4. The number of fused-ring (bicyclic) bond motifs is 16. The van der Waals surface area contributed by atoms with Crippen LogP contribution in [0, 0.1) is 0 Å². The summed E-state index contributed by atoms with van der Waals surface area (Å²) >= 11 is 0. The molecule has 4 aromatic carbocycles. The summed E-state index contributed by atoms with van der Waals surface area (Å²) in [5.74, 6) is 4.42. The molecular weight excluding hydrogens is 496 g/mol. The van der Waals surface area contributed by atoms with Crippen LogP contribution >= 0.6 is 0 Å². The second-order valence-electron chi connectivity index (χ2n) is 9.67. The van der Waals surface area contributed by atoms with Crippen LogP contribution in [-0.2, 0) is 0 Å². The van der Waals surface area contributed by atoms with E-state index in [1.54, 1.807) is 0 Å². The summed E-state index contributed by atoms with van der Waals surface area (Å²) in [5, 5.41) is 0. The molecule has 0 saturated carbocycles. The van der Waals surface area contributed by atoms with Crippen molar-refractivity contribution in [2.24, 2.45) is 39.9 Å². The average molecular weight is 513 g/mol. The maximum atomic E-state index is 4.95. The number of hydrogen-bond acceptors (Lipinski definition) is 8. The fraction of sp³-hybridized carbons (Fsp3) is 0. The van der Waals surface area contributed by atoms with Gasteiger partial charge >= 0.3 is 0 Å². The summed E-state index contributed by atoms with van der Waals surface area (Å²) < 4.78 is 0. The van der Waals surface area contributed by atoms with Crippen molar-refractivity contribution >= 4 is 46.7 Å². The Labute approximate surface area is 228 Å². The molecule has 8 nitrogen and oxygen atoms in total. The van der Waals surface area contributed by atoms with Gasteiger partial charge in [0.1, 0.15) is 0 Å². The smallest absolute Gasteiger partial charge is 0.164 e. The molecule has 0 amide bonds. The second-order valence-corrected chi connectivity index (χ2v) is 9.67. The van der Waals surface area contributed by atoms with E-state index in [1.807, 2.05) is 97.1 Å². The van der Waals surface area contributed by atoms with Gasteiger partial charge in [0.25, 0.3) is 0 Å². The van der Waals surface area contributed by atoms with Gasteiger partial charge in [-0.05, 0) is 0 Å². The van der Waals surface area contributed by atoms with Crippen molar-refractivity contribution in [2.45, 2.75) is 0 Å². The normalized spacial score (nSPS) is 17.2. The first-order valence-electron chi connectivity index (χ1n) is 12.9. The molecule has 40 heavy (non-hydrogen) atoms. The molecule has 0 unspecified atom stereocenters. The average Bonchev–Trinajstić information content (AvgIpc) is 3.73. The lowest BCUT2D eigenvalue weighted by Gasteiger charge is -2.01. The molecule has 0 aromatic heterocycles. The van der Waals surface area contributed by atoms with Gasteiger partial charge in [-0.25, -0.2) is 39.9 Å². The van der Waals surface area contributed by atoms with Crippen molar-refractivity contribution in [3.63, 3.8) is 0 Å². The zero-order chi connectivity index (χ0) is 26.2. The van der Waals surface area contributed by atoms with Crippen LogP contribution in [0.1, 0.15) is 44.5 Å². The molecular formula is C32H16N8. The first-order chi connectivity index (χ1) is 19.8. The molecule has 0 spiro atoms. The molecule has 5 aliphatic rings. The highest BCUT2D eigenvalue weighted by atomic mass is 15.1. The maximum Gasteiger partial charge on any atom is 0.164 e. The van der Waals surface area contributed by atoms with Crippen molar-refractivity contribution in [2.75, 3.05) is 0 Å². The summed E-state index contributed by atoms with van der Waals surface area (Å²) in [6, 6.07) is 31.8. The van der Waals surface area contributed by atoms with E-state index in [2.05, 4.69) is 0 Å². The van der Waals surface area contributed by atoms with Crippen molar-refractivity contribution in [1.29, 1.82) is 0 Å². The van der Waals surface area contributed by atoms with Crippen LogP contribution in [0.2, 0.25) is 0 Å². The maximum absolute atomic E-state index is 4.95. The Hall–Kier alpha value is -5.76. The fourth-order valence-electron chi connectivity index (χ4n) is 5.46. The van der Waals surface area contributed by atoms with Gasteiger partial charge < -0.3 is 0 Å². The van der Waals surface area contributed by atoms with Gasteiger partial charge in [0.2, 0.25) is 0 Å². The van der Waals surface area contributed by atoms with E-state index in [4.69, 9.17) is 39.9 Å². The topological polar surface area (TPSA) is 98.9 Å². The molecule has 0 radical (unpaired) electrons. The highest BCUT2D eigenvalue weighted by Crippen LogP contribution is 2.29. The van der Waals surface area contributed by atoms with Crippen LogP contribution < -0.4 is 0 Å². The van der Waals surface area contributed by atoms with Crippen LogP contribution in [0.25, 0.3) is 0 Å². The number of hydrogen-bond donors (Lipinski definition) is 0. The van der Waals surface area contributed by atoms with Crippen LogP contribution in [0.15, 0.2) is 137 Å². The number of aliphatic imine (C=N–C) groups is 8. The standard InChI is InChI=1S/C32H16N8/c1-2-10-18-17(9-1)25-33-26(18)38-28-21-13-5-6-14-22(21)30(35-28)40-32-24-16-8-7-15-23(24)31(36-32)39-29-20-12-4-3-11-19(20)27(34-29)37-25/h1-16H. The van der Waals surface area contributed by atoms with E-state index >= 15 is 0 Å². The van der Waals surface area contributed by atoms with Gasteiger partial charge in [0.15, 0.2) is 46.7 Å². The quantitative estimate of drug-likeness (QED) is 0.323. The molecule has 5 aliphatic heterocycles. The zero-order valence-electron chi connectivity index (χ0n) is 20.8. The van der Waals surface area contributed by atoms with E-state index in [1.165, 1.54) is 0 Å². The molecule has 0 saturated heterocycles. The lowest BCUT2D eigenvalue weighted by atomic mass is 10.1. The molecule has 8 heteroatoms. The van der Waals surface area contributed by atoms with Crippen LogP contribution in [0.3, 0.4) is 0 Å². The van der Waals surface area contributed by atoms with Crippen molar-refractivity contribution < 1.29 is 0 Å². The predicted octanol–water partition coefficient (Wildman–Crippen LogP) is 4.83. The minimum absolute atomic E-state index is 0.552. The lowest BCUT2D eigenvalue weighted by Crippen LogP contribution is -2.02. The van der Waals surface area contributed by atoms with E-state index in [0.717, 1.165) is 44.5 Å². The molecule has 4 aromatic rings.